The van der Waals surface area contributed by atoms with Crippen LogP contribution >= 0.6 is 0 Å². The van der Waals surface area contributed by atoms with Crippen LogP contribution in [-0.2, 0) is 17.8 Å². The SMILES string of the molecule is COCCNCc1cn(Cc2nc(C)c(C)o2)nn1. The van der Waals surface area contributed by atoms with Crippen LogP contribution in [0.3, 0.4) is 0 Å². The number of nitrogens with one attached hydrogen (secondary N) is 1. The number of methoxy groups -OCH3 is 1. The maximum Gasteiger partial charge on any atom is 0.216 e. The van der Waals surface area contributed by atoms with Gasteiger partial charge in [-0.15, -0.1) is 5.10 Å². The van der Waals surface area contributed by atoms with Gasteiger partial charge in [0, 0.05) is 20.2 Å². The molecule has 2 rings (SSSR count). The van der Waals surface area contributed by atoms with Gasteiger partial charge in [-0.3, -0.25) is 0 Å². The van der Waals surface area contributed by atoms with Crippen molar-refractivity contribution < 1.29 is 9.15 Å². The summed E-state index contributed by atoms with van der Waals surface area (Å²) in [5.41, 5.74) is 1.80. The Hall–Kier alpha value is -1.73. The Labute approximate surface area is 112 Å². The number of ether oxygens (including phenoxy) is 1. The second kappa shape index (κ2) is 6.44. The second-order valence-corrected chi connectivity index (χ2v) is 4.33. The average molecular weight is 265 g/mol. The molecule has 0 aliphatic carbocycles. The molecule has 19 heavy (non-hydrogen) atoms. The molecular weight excluding hydrogens is 246 g/mol. The lowest BCUT2D eigenvalue weighted by atomic mass is 10.4. The van der Waals surface area contributed by atoms with Crippen LogP contribution in [0.1, 0.15) is 23.0 Å². The number of oxazole rings is 1. The lowest BCUT2D eigenvalue weighted by Crippen LogP contribution is -2.18. The Bertz CT molecular complexity index is 500. The van der Waals surface area contributed by atoms with Gasteiger partial charge in [-0.1, -0.05) is 5.21 Å². The summed E-state index contributed by atoms with van der Waals surface area (Å²) < 4.78 is 12.2. The molecule has 0 aromatic carbocycles. The zero-order valence-electron chi connectivity index (χ0n) is 11.5. The van der Waals surface area contributed by atoms with Crippen LogP contribution in [0.2, 0.25) is 0 Å². The van der Waals surface area contributed by atoms with E-state index in [9.17, 15) is 0 Å². The summed E-state index contributed by atoms with van der Waals surface area (Å²) in [4.78, 5) is 4.31. The van der Waals surface area contributed by atoms with Crippen molar-refractivity contribution in [2.75, 3.05) is 20.3 Å². The van der Waals surface area contributed by atoms with Gasteiger partial charge in [-0.25, -0.2) is 9.67 Å². The minimum absolute atomic E-state index is 0.500. The predicted octanol–water partition coefficient (Wildman–Crippen LogP) is 0.667. The van der Waals surface area contributed by atoms with Crippen molar-refractivity contribution in [3.8, 4) is 0 Å². The van der Waals surface area contributed by atoms with Crippen molar-refractivity contribution in [1.82, 2.24) is 25.3 Å². The van der Waals surface area contributed by atoms with E-state index in [0.29, 0.717) is 25.6 Å². The van der Waals surface area contributed by atoms with E-state index in [1.165, 1.54) is 0 Å². The summed E-state index contributed by atoms with van der Waals surface area (Å²) >= 11 is 0. The number of aromatic nitrogens is 4. The molecule has 2 aromatic rings. The average Bonchev–Trinajstić information content (AvgIpc) is 2.94. The van der Waals surface area contributed by atoms with Crippen LogP contribution in [0.5, 0.6) is 0 Å². The van der Waals surface area contributed by atoms with Gasteiger partial charge in [-0.2, -0.15) is 0 Å². The molecule has 0 saturated heterocycles. The molecule has 0 amide bonds. The van der Waals surface area contributed by atoms with Crippen molar-refractivity contribution in [3.63, 3.8) is 0 Å². The zero-order valence-corrected chi connectivity index (χ0v) is 11.5. The molecule has 0 saturated carbocycles. The van der Waals surface area contributed by atoms with E-state index in [2.05, 4.69) is 20.6 Å². The number of aryl methyl sites for hydroxylation is 2. The maximum absolute atomic E-state index is 5.51. The van der Waals surface area contributed by atoms with Crippen LogP contribution in [0.25, 0.3) is 0 Å². The van der Waals surface area contributed by atoms with Crippen LogP contribution < -0.4 is 5.32 Å². The summed E-state index contributed by atoms with van der Waals surface area (Å²) in [5, 5.41) is 11.3. The van der Waals surface area contributed by atoms with Crippen molar-refractivity contribution in [3.05, 3.63) is 29.2 Å². The minimum Gasteiger partial charge on any atom is -0.444 e. The highest BCUT2D eigenvalue weighted by atomic mass is 16.5. The first kappa shape index (κ1) is 13.7. The fourth-order valence-electron chi connectivity index (χ4n) is 1.63. The van der Waals surface area contributed by atoms with E-state index >= 15 is 0 Å². The molecule has 1 N–H and O–H groups in total. The highest BCUT2D eigenvalue weighted by Crippen LogP contribution is 2.09. The first-order valence-electron chi connectivity index (χ1n) is 6.20. The Balaban J connectivity index is 1.86. The first-order valence-corrected chi connectivity index (χ1v) is 6.20. The highest BCUT2D eigenvalue weighted by Gasteiger charge is 2.07. The van der Waals surface area contributed by atoms with Crippen LogP contribution in [-0.4, -0.2) is 40.2 Å². The lowest BCUT2D eigenvalue weighted by molar-refractivity contribution is 0.199. The quantitative estimate of drug-likeness (QED) is 0.741. The summed E-state index contributed by atoms with van der Waals surface area (Å²) in [6, 6.07) is 0. The molecule has 2 aromatic heterocycles. The maximum atomic E-state index is 5.51. The molecule has 0 unspecified atom stereocenters. The molecule has 0 aliphatic rings. The minimum atomic E-state index is 0.500. The molecule has 0 radical (unpaired) electrons. The molecule has 0 bridgehead atoms. The van der Waals surface area contributed by atoms with E-state index in [-0.39, 0.29) is 0 Å². The zero-order chi connectivity index (χ0) is 13.7. The van der Waals surface area contributed by atoms with Gasteiger partial charge in [0.15, 0.2) is 0 Å². The van der Waals surface area contributed by atoms with Gasteiger partial charge in [0.2, 0.25) is 5.89 Å². The lowest BCUT2D eigenvalue weighted by Gasteiger charge is -1.99. The fourth-order valence-corrected chi connectivity index (χ4v) is 1.63. The summed E-state index contributed by atoms with van der Waals surface area (Å²) in [5.74, 6) is 1.50. The van der Waals surface area contributed by atoms with Gasteiger partial charge in [0.25, 0.3) is 0 Å². The third-order valence-corrected chi connectivity index (χ3v) is 2.75. The molecule has 0 aliphatic heterocycles. The third kappa shape index (κ3) is 3.87. The molecule has 0 spiro atoms. The number of nitrogens with zero attached hydrogens (tertiary/aromatic N) is 4. The van der Waals surface area contributed by atoms with Gasteiger partial charge in [0.05, 0.1) is 24.2 Å². The molecule has 7 heteroatoms. The normalized spacial score (nSPS) is 11.1. The molecular formula is C12H19N5O2. The number of hydrogen-bond acceptors (Lipinski definition) is 6. The Morgan fingerprint density at radius 3 is 2.95 bits per heavy atom. The largest absolute Gasteiger partial charge is 0.444 e. The van der Waals surface area contributed by atoms with Crippen LogP contribution in [0.4, 0.5) is 0 Å². The summed E-state index contributed by atoms with van der Waals surface area (Å²) in [7, 11) is 1.68. The predicted molar refractivity (Wildman–Crippen MR) is 68.7 cm³/mol. The fraction of sp³-hybridized carbons (Fsp3) is 0.583. The van der Waals surface area contributed by atoms with E-state index in [0.717, 1.165) is 23.7 Å². The Kier molecular flexibility index (Phi) is 4.64. The summed E-state index contributed by atoms with van der Waals surface area (Å²) in [6.07, 6.45) is 1.88. The number of hydrogen-bond donors (Lipinski definition) is 1. The molecule has 0 fully saturated rings. The van der Waals surface area contributed by atoms with Crippen LogP contribution in [0, 0.1) is 13.8 Å². The van der Waals surface area contributed by atoms with E-state index in [1.807, 2.05) is 20.0 Å². The van der Waals surface area contributed by atoms with Gasteiger partial charge >= 0.3 is 0 Å². The molecule has 2 heterocycles. The standard InChI is InChI=1S/C12H19N5O2/c1-9-10(2)19-12(14-9)8-17-7-11(15-16-17)6-13-4-5-18-3/h7,13H,4-6,8H2,1-3H3. The topological polar surface area (TPSA) is 78.0 Å². The first-order chi connectivity index (χ1) is 9.19. The molecule has 7 nitrogen and oxygen atoms in total. The van der Waals surface area contributed by atoms with Crippen LogP contribution in [0.15, 0.2) is 10.6 Å². The monoisotopic (exact) mass is 265 g/mol. The van der Waals surface area contributed by atoms with Gasteiger partial charge in [0.1, 0.15) is 12.3 Å². The third-order valence-electron chi connectivity index (χ3n) is 2.75. The second-order valence-electron chi connectivity index (χ2n) is 4.33. The van der Waals surface area contributed by atoms with Crippen molar-refractivity contribution in [2.45, 2.75) is 26.9 Å². The van der Waals surface area contributed by atoms with Crippen molar-refractivity contribution in [2.24, 2.45) is 0 Å². The molecule has 0 atom stereocenters. The summed E-state index contributed by atoms with van der Waals surface area (Å²) in [6.45, 7) is 6.48. The van der Waals surface area contributed by atoms with Crippen molar-refractivity contribution in [1.29, 1.82) is 0 Å². The van der Waals surface area contributed by atoms with Crippen molar-refractivity contribution >= 4 is 0 Å². The molecule has 104 valence electrons. The van der Waals surface area contributed by atoms with Gasteiger partial charge in [-0.05, 0) is 13.8 Å². The van der Waals surface area contributed by atoms with E-state index in [1.54, 1.807) is 11.8 Å². The Morgan fingerprint density at radius 1 is 1.42 bits per heavy atom. The van der Waals surface area contributed by atoms with Gasteiger partial charge < -0.3 is 14.5 Å². The Morgan fingerprint density at radius 2 is 2.26 bits per heavy atom. The highest BCUT2D eigenvalue weighted by molar-refractivity contribution is 5.05. The number of rotatable bonds is 7. The van der Waals surface area contributed by atoms with E-state index in [4.69, 9.17) is 9.15 Å². The van der Waals surface area contributed by atoms with E-state index < -0.39 is 0 Å². The smallest absolute Gasteiger partial charge is 0.216 e.